The van der Waals surface area contributed by atoms with Crippen molar-refractivity contribution in [2.45, 2.75) is 0 Å². The molecule has 0 radical (unpaired) electrons. The third-order valence-electron chi connectivity index (χ3n) is 4.21. The van der Waals surface area contributed by atoms with Crippen LogP contribution in [0, 0.1) is 11.3 Å². The number of nitrogens with zero attached hydrogens (tertiary/aromatic N) is 2. The Morgan fingerprint density at radius 2 is 1.74 bits per heavy atom. The summed E-state index contributed by atoms with van der Waals surface area (Å²) in [5.41, 5.74) is 5.29. The maximum atomic E-state index is 12.0. The molecular formula is C24H21N3O4. The van der Waals surface area contributed by atoms with Crippen molar-refractivity contribution in [1.29, 1.82) is 5.26 Å². The summed E-state index contributed by atoms with van der Waals surface area (Å²) in [5.74, 6) is 1.13. The molecule has 0 saturated carbocycles. The molecule has 0 saturated heterocycles. The number of hydrogen-bond donors (Lipinski definition) is 1. The number of nitrogens with one attached hydrogen (secondary N) is 1. The maximum absolute atomic E-state index is 12.0. The lowest BCUT2D eigenvalue weighted by molar-refractivity contribution is -0.123. The first kappa shape index (κ1) is 21.4. The van der Waals surface area contributed by atoms with Gasteiger partial charge >= 0.3 is 0 Å². The summed E-state index contributed by atoms with van der Waals surface area (Å²) in [6.07, 6.45) is 1.48. The van der Waals surface area contributed by atoms with Crippen LogP contribution in [0.5, 0.6) is 17.2 Å². The summed E-state index contributed by atoms with van der Waals surface area (Å²) in [7, 11) is 1.50. The van der Waals surface area contributed by atoms with E-state index in [4.69, 9.17) is 19.5 Å². The summed E-state index contributed by atoms with van der Waals surface area (Å²) >= 11 is 0. The molecule has 3 rings (SSSR count). The Bertz CT molecular complexity index is 1070. The molecule has 31 heavy (non-hydrogen) atoms. The number of amides is 1. The average Bonchev–Trinajstić information content (AvgIpc) is 2.82. The highest BCUT2D eigenvalue weighted by Gasteiger charge is 2.06. The zero-order chi connectivity index (χ0) is 21.9. The second-order valence-corrected chi connectivity index (χ2v) is 6.33. The Morgan fingerprint density at radius 3 is 2.45 bits per heavy atom. The van der Waals surface area contributed by atoms with E-state index in [9.17, 15) is 4.79 Å². The Hall–Kier alpha value is -4.31. The van der Waals surface area contributed by atoms with Gasteiger partial charge in [0.2, 0.25) is 0 Å². The zero-order valence-electron chi connectivity index (χ0n) is 16.9. The first-order valence-corrected chi connectivity index (χ1v) is 9.47. The Balaban J connectivity index is 1.49. The summed E-state index contributed by atoms with van der Waals surface area (Å²) in [5, 5.41) is 12.5. The van der Waals surface area contributed by atoms with Gasteiger partial charge in [-0.2, -0.15) is 10.4 Å². The first-order chi connectivity index (χ1) is 15.2. The molecule has 7 heteroatoms. The van der Waals surface area contributed by atoms with Crippen molar-refractivity contribution in [2.24, 2.45) is 5.10 Å². The molecule has 0 aliphatic heterocycles. The number of carbonyl (C=O) groups is 1. The summed E-state index contributed by atoms with van der Waals surface area (Å²) < 4.78 is 16.0. The van der Waals surface area contributed by atoms with E-state index in [1.54, 1.807) is 18.2 Å². The highest BCUT2D eigenvalue weighted by Crippen LogP contribution is 2.27. The molecule has 0 bridgehead atoms. The molecular weight excluding hydrogens is 394 g/mol. The molecule has 0 aliphatic carbocycles. The van der Waals surface area contributed by atoms with Gasteiger partial charge in [0.15, 0.2) is 24.7 Å². The van der Waals surface area contributed by atoms with Crippen LogP contribution in [0.25, 0.3) is 11.1 Å². The highest BCUT2D eigenvalue weighted by molar-refractivity contribution is 5.83. The fraction of sp³-hybridized carbons (Fsp3) is 0.125. The molecule has 1 amide bonds. The Kier molecular flexibility index (Phi) is 7.61. The van der Waals surface area contributed by atoms with Crippen LogP contribution in [0.2, 0.25) is 0 Å². The van der Waals surface area contributed by atoms with Crippen LogP contribution in [0.1, 0.15) is 5.56 Å². The van der Waals surface area contributed by atoms with Crippen LogP contribution in [0.3, 0.4) is 0 Å². The number of nitriles is 1. The van der Waals surface area contributed by atoms with Crippen LogP contribution in [0.4, 0.5) is 0 Å². The second-order valence-electron chi connectivity index (χ2n) is 6.33. The number of ether oxygens (including phenoxy) is 3. The molecule has 0 aromatic heterocycles. The fourth-order valence-corrected chi connectivity index (χ4v) is 2.73. The summed E-state index contributed by atoms with van der Waals surface area (Å²) in [6, 6.07) is 24.5. The van der Waals surface area contributed by atoms with E-state index in [0.717, 1.165) is 11.1 Å². The van der Waals surface area contributed by atoms with Crippen molar-refractivity contribution in [1.82, 2.24) is 5.43 Å². The van der Waals surface area contributed by atoms with E-state index < -0.39 is 0 Å². The molecule has 156 valence electrons. The van der Waals surface area contributed by atoms with Gasteiger partial charge in [0.25, 0.3) is 5.91 Å². The summed E-state index contributed by atoms with van der Waals surface area (Å²) in [6.45, 7) is -0.235. The molecule has 3 aromatic rings. The number of methoxy groups -OCH3 is 1. The molecule has 3 aromatic carbocycles. The van der Waals surface area contributed by atoms with E-state index in [-0.39, 0.29) is 19.1 Å². The standard InChI is InChI=1S/C24H21N3O4/c1-29-23-15-18(7-12-22(23)30-14-13-25)16-26-27-24(28)17-31-21-10-8-20(9-11-21)19-5-3-2-4-6-19/h2-12,15-16H,14,17H2,1H3,(H,27,28). The molecule has 0 spiro atoms. The van der Waals surface area contributed by atoms with Gasteiger partial charge < -0.3 is 14.2 Å². The van der Waals surface area contributed by atoms with Crippen LogP contribution in [-0.4, -0.2) is 32.4 Å². The lowest BCUT2D eigenvalue weighted by Gasteiger charge is -2.08. The van der Waals surface area contributed by atoms with Crippen molar-refractivity contribution in [3.8, 4) is 34.4 Å². The summed E-state index contributed by atoms with van der Waals surface area (Å²) in [4.78, 5) is 12.0. The first-order valence-electron chi connectivity index (χ1n) is 9.47. The molecule has 0 heterocycles. The van der Waals surface area contributed by atoms with Crippen molar-refractivity contribution in [3.63, 3.8) is 0 Å². The minimum atomic E-state index is -0.385. The van der Waals surface area contributed by atoms with Gasteiger partial charge in [-0.05, 0) is 47.0 Å². The van der Waals surface area contributed by atoms with Crippen molar-refractivity contribution in [2.75, 3.05) is 20.3 Å². The number of hydrazone groups is 1. The Labute approximate surface area is 180 Å². The number of hydrogen-bond acceptors (Lipinski definition) is 6. The lowest BCUT2D eigenvalue weighted by Crippen LogP contribution is -2.24. The normalized spacial score (nSPS) is 10.3. The van der Waals surface area contributed by atoms with Crippen LogP contribution in [-0.2, 0) is 4.79 Å². The van der Waals surface area contributed by atoms with Crippen LogP contribution < -0.4 is 19.6 Å². The van der Waals surface area contributed by atoms with Gasteiger partial charge in [-0.3, -0.25) is 4.79 Å². The van der Waals surface area contributed by atoms with Crippen molar-refractivity contribution in [3.05, 3.63) is 78.4 Å². The van der Waals surface area contributed by atoms with E-state index in [1.165, 1.54) is 13.3 Å². The maximum Gasteiger partial charge on any atom is 0.277 e. The van der Waals surface area contributed by atoms with Crippen molar-refractivity contribution >= 4 is 12.1 Å². The van der Waals surface area contributed by atoms with Gasteiger partial charge in [0.05, 0.1) is 13.3 Å². The molecule has 0 unspecified atom stereocenters. The predicted molar refractivity (Wildman–Crippen MR) is 117 cm³/mol. The Morgan fingerprint density at radius 1 is 1.00 bits per heavy atom. The van der Waals surface area contributed by atoms with Gasteiger partial charge in [-0.15, -0.1) is 0 Å². The van der Waals surface area contributed by atoms with E-state index in [2.05, 4.69) is 10.5 Å². The third-order valence-corrected chi connectivity index (χ3v) is 4.21. The largest absolute Gasteiger partial charge is 0.493 e. The number of carbonyl (C=O) groups excluding carboxylic acids is 1. The molecule has 0 atom stereocenters. The molecule has 1 N–H and O–H groups in total. The molecule has 0 aliphatic rings. The zero-order valence-corrected chi connectivity index (χ0v) is 16.9. The molecule has 7 nitrogen and oxygen atoms in total. The quantitative estimate of drug-likeness (QED) is 0.424. The lowest BCUT2D eigenvalue weighted by atomic mass is 10.1. The van der Waals surface area contributed by atoms with E-state index in [0.29, 0.717) is 22.8 Å². The number of benzene rings is 3. The predicted octanol–water partition coefficient (Wildman–Crippen LogP) is 3.79. The van der Waals surface area contributed by atoms with E-state index >= 15 is 0 Å². The topological polar surface area (TPSA) is 92.9 Å². The third kappa shape index (κ3) is 6.34. The number of rotatable bonds is 9. The highest BCUT2D eigenvalue weighted by atomic mass is 16.5. The minimum absolute atomic E-state index is 0.0746. The molecule has 0 fully saturated rings. The SMILES string of the molecule is COc1cc(C=NNC(=O)COc2ccc(-c3ccccc3)cc2)ccc1OCC#N. The monoisotopic (exact) mass is 415 g/mol. The van der Waals surface area contributed by atoms with Crippen LogP contribution in [0.15, 0.2) is 77.9 Å². The average molecular weight is 415 g/mol. The van der Waals surface area contributed by atoms with Gasteiger partial charge in [0, 0.05) is 0 Å². The van der Waals surface area contributed by atoms with Gasteiger partial charge in [-0.1, -0.05) is 42.5 Å². The fourth-order valence-electron chi connectivity index (χ4n) is 2.73. The smallest absolute Gasteiger partial charge is 0.277 e. The van der Waals surface area contributed by atoms with Gasteiger partial charge in [0.1, 0.15) is 11.8 Å². The van der Waals surface area contributed by atoms with Crippen LogP contribution >= 0.6 is 0 Å². The van der Waals surface area contributed by atoms with E-state index in [1.807, 2.05) is 60.7 Å². The second kappa shape index (κ2) is 11.0. The minimum Gasteiger partial charge on any atom is -0.493 e. The van der Waals surface area contributed by atoms with Gasteiger partial charge in [-0.25, -0.2) is 5.43 Å². The van der Waals surface area contributed by atoms with Crippen molar-refractivity contribution < 1.29 is 19.0 Å².